The van der Waals surface area contributed by atoms with Gasteiger partial charge in [0.25, 0.3) is 17.7 Å². The number of nitrogens with zero attached hydrogens (tertiary/aromatic N) is 3. The molecule has 1 atom stereocenters. The van der Waals surface area contributed by atoms with Crippen LogP contribution in [0.1, 0.15) is 19.3 Å². The number of carbonyl (C=O) groups is 5. The molecule has 3 aliphatic heterocycles. The van der Waals surface area contributed by atoms with Crippen LogP contribution in [0.3, 0.4) is 0 Å². The van der Waals surface area contributed by atoms with Crippen molar-refractivity contribution in [2.75, 3.05) is 26.2 Å². The molecule has 0 radical (unpaired) electrons. The molecule has 0 bridgehead atoms. The number of piperazine rings is 2. The Morgan fingerprint density at radius 3 is 2.22 bits per heavy atom. The number of piperidine rings is 1. The standard InChI is InChI=1S/C13H17N5O5/c19-8-2-1-3-9(20)17(8)12-13(23)18(11(22)7-15-12)16-5-4-14-6-10(16)21/h12,14-15H,1-7H2. The summed E-state index contributed by atoms with van der Waals surface area (Å²) in [6.45, 7) is 0.412. The Labute approximate surface area is 131 Å². The molecule has 10 heteroatoms. The minimum Gasteiger partial charge on any atom is -0.306 e. The molecular weight excluding hydrogens is 306 g/mol. The first-order valence-electron chi connectivity index (χ1n) is 7.47. The van der Waals surface area contributed by atoms with Gasteiger partial charge in [-0.1, -0.05) is 0 Å². The molecule has 3 fully saturated rings. The van der Waals surface area contributed by atoms with Crippen molar-refractivity contribution in [2.45, 2.75) is 25.4 Å². The Kier molecular flexibility index (Phi) is 4.09. The highest BCUT2D eigenvalue weighted by Gasteiger charge is 2.46. The van der Waals surface area contributed by atoms with E-state index in [1.54, 1.807) is 0 Å². The Morgan fingerprint density at radius 1 is 0.870 bits per heavy atom. The molecule has 0 aromatic heterocycles. The maximum atomic E-state index is 12.7. The SMILES string of the molecule is O=C1CCCC(=O)N1C1NCC(=O)N(N2CCNCC2=O)C1=O. The van der Waals surface area contributed by atoms with Crippen LogP contribution in [0.5, 0.6) is 0 Å². The Hall–Kier alpha value is -2.33. The molecule has 3 saturated heterocycles. The lowest BCUT2D eigenvalue weighted by molar-refractivity contribution is -0.184. The lowest BCUT2D eigenvalue weighted by Crippen LogP contribution is -2.71. The van der Waals surface area contributed by atoms with Crippen LogP contribution in [0.2, 0.25) is 0 Å². The number of amides is 5. The van der Waals surface area contributed by atoms with E-state index >= 15 is 0 Å². The highest BCUT2D eigenvalue weighted by Crippen LogP contribution is 2.19. The molecule has 0 spiro atoms. The second kappa shape index (κ2) is 6.05. The fourth-order valence-corrected chi connectivity index (χ4v) is 2.91. The van der Waals surface area contributed by atoms with Crippen molar-refractivity contribution in [1.82, 2.24) is 25.6 Å². The Bertz CT molecular complexity index is 575. The Balaban J connectivity index is 1.85. The molecule has 10 nitrogen and oxygen atoms in total. The van der Waals surface area contributed by atoms with Gasteiger partial charge in [-0.15, -0.1) is 0 Å². The van der Waals surface area contributed by atoms with Gasteiger partial charge in [0.1, 0.15) is 0 Å². The second-order valence-corrected chi connectivity index (χ2v) is 5.53. The van der Waals surface area contributed by atoms with E-state index < -0.39 is 35.7 Å². The average Bonchev–Trinajstić information content (AvgIpc) is 2.51. The number of carbonyl (C=O) groups excluding carboxylic acids is 5. The van der Waals surface area contributed by atoms with Crippen LogP contribution in [0.15, 0.2) is 0 Å². The largest absolute Gasteiger partial charge is 0.306 e. The number of rotatable bonds is 2. The van der Waals surface area contributed by atoms with Gasteiger partial charge in [0.05, 0.1) is 19.6 Å². The van der Waals surface area contributed by atoms with Gasteiger partial charge in [0.15, 0.2) is 6.17 Å². The van der Waals surface area contributed by atoms with Gasteiger partial charge < -0.3 is 5.32 Å². The quantitative estimate of drug-likeness (QED) is 0.525. The van der Waals surface area contributed by atoms with Crippen LogP contribution in [-0.2, 0) is 24.0 Å². The lowest BCUT2D eigenvalue weighted by atomic mass is 10.1. The zero-order chi connectivity index (χ0) is 16.6. The summed E-state index contributed by atoms with van der Waals surface area (Å²) < 4.78 is 0. The van der Waals surface area contributed by atoms with Crippen LogP contribution in [0.4, 0.5) is 0 Å². The number of imide groups is 2. The lowest BCUT2D eigenvalue weighted by Gasteiger charge is -2.43. The molecule has 124 valence electrons. The van der Waals surface area contributed by atoms with E-state index in [2.05, 4.69) is 10.6 Å². The van der Waals surface area contributed by atoms with Crippen molar-refractivity contribution < 1.29 is 24.0 Å². The monoisotopic (exact) mass is 323 g/mol. The van der Waals surface area contributed by atoms with Crippen molar-refractivity contribution in [1.29, 1.82) is 0 Å². The zero-order valence-electron chi connectivity index (χ0n) is 12.4. The van der Waals surface area contributed by atoms with Crippen molar-refractivity contribution in [3.8, 4) is 0 Å². The third kappa shape index (κ3) is 2.70. The summed E-state index contributed by atoms with van der Waals surface area (Å²) >= 11 is 0. The predicted octanol–water partition coefficient (Wildman–Crippen LogP) is -2.84. The van der Waals surface area contributed by atoms with Crippen LogP contribution in [0, 0.1) is 0 Å². The summed E-state index contributed by atoms with van der Waals surface area (Å²) in [5, 5.41) is 7.31. The first-order valence-corrected chi connectivity index (χ1v) is 7.47. The highest BCUT2D eigenvalue weighted by molar-refractivity contribution is 6.07. The van der Waals surface area contributed by atoms with Gasteiger partial charge in [-0.3, -0.25) is 34.2 Å². The fraction of sp³-hybridized carbons (Fsp3) is 0.615. The maximum absolute atomic E-state index is 12.7. The molecule has 3 heterocycles. The minimum absolute atomic E-state index is 0.0245. The number of hydrazine groups is 1. The van der Waals surface area contributed by atoms with Crippen molar-refractivity contribution >= 4 is 29.5 Å². The van der Waals surface area contributed by atoms with E-state index in [9.17, 15) is 24.0 Å². The molecular formula is C13H17N5O5. The predicted molar refractivity (Wildman–Crippen MR) is 73.9 cm³/mol. The highest BCUT2D eigenvalue weighted by atomic mass is 16.2. The van der Waals surface area contributed by atoms with E-state index in [0.29, 0.717) is 13.0 Å². The van der Waals surface area contributed by atoms with Gasteiger partial charge in [0.2, 0.25) is 11.8 Å². The van der Waals surface area contributed by atoms with Crippen molar-refractivity contribution in [3.63, 3.8) is 0 Å². The van der Waals surface area contributed by atoms with Crippen LogP contribution in [-0.4, -0.2) is 76.8 Å². The van der Waals surface area contributed by atoms with Gasteiger partial charge in [0, 0.05) is 19.4 Å². The van der Waals surface area contributed by atoms with Crippen LogP contribution >= 0.6 is 0 Å². The number of nitrogens with one attached hydrogen (secondary N) is 2. The van der Waals surface area contributed by atoms with Gasteiger partial charge >= 0.3 is 0 Å². The third-order valence-electron chi connectivity index (χ3n) is 4.01. The molecule has 5 amide bonds. The van der Waals surface area contributed by atoms with Crippen LogP contribution in [0.25, 0.3) is 0 Å². The smallest absolute Gasteiger partial charge is 0.286 e. The maximum Gasteiger partial charge on any atom is 0.286 e. The normalized spacial score (nSPS) is 27.0. The molecule has 23 heavy (non-hydrogen) atoms. The molecule has 0 aromatic rings. The third-order valence-corrected chi connectivity index (χ3v) is 4.01. The van der Waals surface area contributed by atoms with E-state index in [1.807, 2.05) is 0 Å². The summed E-state index contributed by atoms with van der Waals surface area (Å²) in [4.78, 5) is 61.5. The molecule has 0 saturated carbocycles. The number of likely N-dealkylation sites (tertiary alicyclic amines) is 1. The van der Waals surface area contributed by atoms with E-state index in [4.69, 9.17) is 0 Å². The number of hydrogen-bond acceptors (Lipinski definition) is 7. The summed E-state index contributed by atoms with van der Waals surface area (Å²) in [6.07, 6.45) is -0.431. The summed E-state index contributed by atoms with van der Waals surface area (Å²) in [6, 6.07) is 0. The van der Waals surface area contributed by atoms with Gasteiger partial charge in [-0.2, -0.15) is 5.01 Å². The topological polar surface area (TPSA) is 119 Å². The second-order valence-electron chi connectivity index (χ2n) is 5.53. The first-order chi connectivity index (χ1) is 11.0. The van der Waals surface area contributed by atoms with E-state index in [0.717, 1.165) is 14.9 Å². The fourth-order valence-electron chi connectivity index (χ4n) is 2.91. The van der Waals surface area contributed by atoms with Crippen molar-refractivity contribution in [3.05, 3.63) is 0 Å². The van der Waals surface area contributed by atoms with Crippen LogP contribution < -0.4 is 10.6 Å². The average molecular weight is 323 g/mol. The summed E-state index contributed by atoms with van der Waals surface area (Å²) in [5.41, 5.74) is 0. The molecule has 1 unspecified atom stereocenters. The summed E-state index contributed by atoms with van der Waals surface area (Å²) in [7, 11) is 0. The van der Waals surface area contributed by atoms with Crippen molar-refractivity contribution in [2.24, 2.45) is 0 Å². The van der Waals surface area contributed by atoms with E-state index in [1.165, 1.54) is 0 Å². The van der Waals surface area contributed by atoms with Gasteiger partial charge in [-0.05, 0) is 6.42 Å². The molecule has 3 rings (SSSR count). The van der Waals surface area contributed by atoms with Gasteiger partial charge in [-0.25, -0.2) is 5.01 Å². The minimum atomic E-state index is -1.24. The van der Waals surface area contributed by atoms with E-state index in [-0.39, 0.29) is 32.5 Å². The molecule has 0 aliphatic carbocycles. The molecule has 2 N–H and O–H groups in total. The first kappa shape index (κ1) is 15.6. The zero-order valence-corrected chi connectivity index (χ0v) is 12.4. The Morgan fingerprint density at radius 2 is 1.57 bits per heavy atom. The molecule has 0 aromatic carbocycles. The molecule has 3 aliphatic rings. The number of hydrogen-bond donors (Lipinski definition) is 2. The summed E-state index contributed by atoms with van der Waals surface area (Å²) in [5.74, 6) is -2.67.